The number of aliphatic hydroxyl groups excluding tert-OH is 1. The lowest BCUT2D eigenvalue weighted by molar-refractivity contribution is 0.219. The first kappa shape index (κ1) is 12.1. The molecule has 0 aliphatic rings. The van der Waals surface area contributed by atoms with E-state index in [0.717, 1.165) is 17.0 Å². The third-order valence-electron chi connectivity index (χ3n) is 2.39. The second-order valence-electron chi connectivity index (χ2n) is 3.69. The van der Waals surface area contributed by atoms with Crippen LogP contribution < -0.4 is 0 Å². The number of halogens is 3. The molecule has 0 saturated heterocycles. The first-order valence-corrected chi connectivity index (χ1v) is 5.74. The van der Waals surface area contributed by atoms with Crippen LogP contribution in [0.3, 0.4) is 0 Å². The van der Waals surface area contributed by atoms with Crippen LogP contribution in [0.25, 0.3) is 0 Å². The summed E-state index contributed by atoms with van der Waals surface area (Å²) in [6.45, 7) is 1.85. The van der Waals surface area contributed by atoms with Crippen LogP contribution >= 0.6 is 11.3 Å². The molecule has 0 bridgehead atoms. The fourth-order valence-electron chi connectivity index (χ4n) is 1.53. The zero-order valence-corrected chi connectivity index (χ0v) is 9.69. The summed E-state index contributed by atoms with van der Waals surface area (Å²) >= 11 is 1.42. The van der Waals surface area contributed by atoms with E-state index < -0.39 is 23.6 Å². The number of aryl methyl sites for hydroxylation is 1. The molecule has 0 amide bonds. The topological polar surface area (TPSA) is 20.2 Å². The highest BCUT2D eigenvalue weighted by atomic mass is 32.1. The Labute approximate surface area is 100 Å². The van der Waals surface area contributed by atoms with Gasteiger partial charge in [-0.3, -0.25) is 0 Å². The maximum absolute atomic E-state index is 13.0. The van der Waals surface area contributed by atoms with Crippen molar-refractivity contribution in [1.82, 2.24) is 0 Å². The van der Waals surface area contributed by atoms with E-state index in [2.05, 4.69) is 0 Å². The number of rotatable bonds is 2. The van der Waals surface area contributed by atoms with E-state index >= 15 is 0 Å². The zero-order valence-electron chi connectivity index (χ0n) is 8.88. The number of hydrogen-bond acceptors (Lipinski definition) is 2. The van der Waals surface area contributed by atoms with Gasteiger partial charge in [-0.1, -0.05) is 0 Å². The van der Waals surface area contributed by atoms with E-state index in [0.29, 0.717) is 5.56 Å². The smallest absolute Gasteiger partial charge is 0.194 e. The summed E-state index contributed by atoms with van der Waals surface area (Å²) in [6.07, 6.45) is -1.15. The van der Waals surface area contributed by atoms with Gasteiger partial charge in [0, 0.05) is 4.88 Å². The summed E-state index contributed by atoms with van der Waals surface area (Å²) in [6, 6.07) is 3.32. The number of thiophene rings is 1. The first-order valence-electron chi connectivity index (χ1n) is 4.86. The van der Waals surface area contributed by atoms with Gasteiger partial charge in [0.15, 0.2) is 17.5 Å². The molecule has 1 aromatic carbocycles. The van der Waals surface area contributed by atoms with Gasteiger partial charge in [-0.05, 0) is 41.6 Å². The largest absolute Gasteiger partial charge is 0.384 e. The molecule has 1 aromatic heterocycles. The maximum Gasteiger partial charge on any atom is 0.194 e. The van der Waals surface area contributed by atoms with Crippen molar-refractivity contribution in [3.05, 3.63) is 57.0 Å². The van der Waals surface area contributed by atoms with Gasteiger partial charge in [0.1, 0.15) is 6.10 Å². The molecule has 1 nitrogen and oxygen atoms in total. The van der Waals surface area contributed by atoms with Crippen molar-refractivity contribution in [1.29, 1.82) is 0 Å². The Morgan fingerprint density at radius 1 is 1.06 bits per heavy atom. The van der Waals surface area contributed by atoms with E-state index in [1.54, 1.807) is 11.4 Å². The summed E-state index contributed by atoms with van der Waals surface area (Å²) in [5.74, 6) is -4.13. The van der Waals surface area contributed by atoms with Gasteiger partial charge in [0.25, 0.3) is 0 Å². The molecule has 0 spiro atoms. The van der Waals surface area contributed by atoms with E-state index in [1.807, 2.05) is 6.92 Å². The van der Waals surface area contributed by atoms with Crippen molar-refractivity contribution in [2.24, 2.45) is 0 Å². The van der Waals surface area contributed by atoms with Crippen LogP contribution in [-0.2, 0) is 0 Å². The third-order valence-corrected chi connectivity index (χ3v) is 3.27. The van der Waals surface area contributed by atoms with Gasteiger partial charge in [-0.2, -0.15) is 0 Å². The molecule has 17 heavy (non-hydrogen) atoms. The van der Waals surface area contributed by atoms with Gasteiger partial charge < -0.3 is 5.11 Å². The molecular weight excluding hydrogens is 249 g/mol. The molecule has 1 heterocycles. The Kier molecular flexibility index (Phi) is 3.22. The molecule has 0 aliphatic heterocycles. The van der Waals surface area contributed by atoms with Gasteiger partial charge in [-0.15, -0.1) is 11.3 Å². The number of aliphatic hydroxyl groups is 1. The standard InChI is InChI=1S/C12H9F3OS/c1-6-2-8(5-17-6)12(16)7-3-9(13)11(15)10(14)4-7/h2-5,12,16H,1H3. The summed E-state index contributed by atoms with van der Waals surface area (Å²) in [5.41, 5.74) is 0.539. The fourth-order valence-corrected chi connectivity index (χ4v) is 2.26. The molecule has 1 N–H and O–H groups in total. The molecule has 1 unspecified atom stereocenters. The van der Waals surface area contributed by atoms with E-state index in [4.69, 9.17) is 0 Å². The Bertz CT molecular complexity index is 527. The predicted molar refractivity (Wildman–Crippen MR) is 59.4 cm³/mol. The minimum atomic E-state index is -1.53. The van der Waals surface area contributed by atoms with Crippen LogP contribution in [0.1, 0.15) is 22.1 Å². The van der Waals surface area contributed by atoms with Gasteiger partial charge in [0.2, 0.25) is 0 Å². The second-order valence-corrected chi connectivity index (χ2v) is 4.81. The van der Waals surface area contributed by atoms with Crippen molar-refractivity contribution < 1.29 is 18.3 Å². The van der Waals surface area contributed by atoms with Crippen LogP contribution in [0.4, 0.5) is 13.2 Å². The highest BCUT2D eigenvalue weighted by molar-refractivity contribution is 7.10. The normalized spacial score (nSPS) is 12.8. The summed E-state index contributed by atoms with van der Waals surface area (Å²) < 4.78 is 38.7. The Hall–Kier alpha value is -1.33. The lowest BCUT2D eigenvalue weighted by atomic mass is 10.0. The monoisotopic (exact) mass is 258 g/mol. The van der Waals surface area contributed by atoms with Crippen LogP contribution in [0.15, 0.2) is 23.6 Å². The van der Waals surface area contributed by atoms with Crippen LogP contribution in [-0.4, -0.2) is 5.11 Å². The average Bonchev–Trinajstić information content (AvgIpc) is 2.71. The van der Waals surface area contributed by atoms with Crippen molar-refractivity contribution in [2.45, 2.75) is 13.0 Å². The van der Waals surface area contributed by atoms with Crippen LogP contribution in [0.2, 0.25) is 0 Å². The average molecular weight is 258 g/mol. The lowest BCUT2D eigenvalue weighted by Gasteiger charge is -2.10. The van der Waals surface area contributed by atoms with Crippen LogP contribution in [0.5, 0.6) is 0 Å². The summed E-state index contributed by atoms with van der Waals surface area (Å²) in [4.78, 5) is 0.974. The fraction of sp³-hybridized carbons (Fsp3) is 0.167. The predicted octanol–water partition coefficient (Wildman–Crippen LogP) is 3.56. The lowest BCUT2D eigenvalue weighted by Crippen LogP contribution is -2.02. The highest BCUT2D eigenvalue weighted by Crippen LogP contribution is 2.27. The van der Waals surface area contributed by atoms with Crippen molar-refractivity contribution >= 4 is 11.3 Å². The Balaban J connectivity index is 2.41. The molecule has 2 aromatic rings. The minimum absolute atomic E-state index is 0.000741. The zero-order chi connectivity index (χ0) is 12.6. The number of benzene rings is 1. The molecule has 1 atom stereocenters. The molecule has 0 aliphatic carbocycles. The van der Waals surface area contributed by atoms with Crippen LogP contribution in [0, 0.1) is 24.4 Å². The van der Waals surface area contributed by atoms with E-state index in [1.165, 1.54) is 11.3 Å². The molecule has 90 valence electrons. The third kappa shape index (κ3) is 2.35. The number of hydrogen-bond donors (Lipinski definition) is 1. The van der Waals surface area contributed by atoms with E-state index in [9.17, 15) is 18.3 Å². The minimum Gasteiger partial charge on any atom is -0.384 e. The second kappa shape index (κ2) is 4.50. The van der Waals surface area contributed by atoms with Gasteiger partial charge >= 0.3 is 0 Å². The van der Waals surface area contributed by atoms with Gasteiger partial charge in [0.05, 0.1) is 0 Å². The molecule has 0 radical (unpaired) electrons. The molecule has 0 fully saturated rings. The molecule has 2 rings (SSSR count). The Morgan fingerprint density at radius 3 is 2.12 bits per heavy atom. The molecule has 5 heteroatoms. The van der Waals surface area contributed by atoms with Gasteiger partial charge in [-0.25, -0.2) is 13.2 Å². The van der Waals surface area contributed by atoms with E-state index in [-0.39, 0.29) is 5.56 Å². The quantitative estimate of drug-likeness (QED) is 0.817. The molecular formula is C12H9F3OS. The van der Waals surface area contributed by atoms with Crippen molar-refractivity contribution in [3.63, 3.8) is 0 Å². The SMILES string of the molecule is Cc1cc(C(O)c2cc(F)c(F)c(F)c2)cs1. The van der Waals surface area contributed by atoms with Crippen molar-refractivity contribution in [3.8, 4) is 0 Å². The summed E-state index contributed by atoms with van der Waals surface area (Å²) in [5, 5.41) is 11.6. The first-order chi connectivity index (χ1) is 7.99. The molecule has 0 saturated carbocycles. The van der Waals surface area contributed by atoms with Crippen molar-refractivity contribution in [2.75, 3.05) is 0 Å². The maximum atomic E-state index is 13.0. The Morgan fingerprint density at radius 2 is 1.65 bits per heavy atom. The summed E-state index contributed by atoms with van der Waals surface area (Å²) in [7, 11) is 0. The highest BCUT2D eigenvalue weighted by Gasteiger charge is 2.17.